The van der Waals surface area contributed by atoms with Crippen molar-refractivity contribution in [3.63, 3.8) is 0 Å². The highest BCUT2D eigenvalue weighted by Crippen LogP contribution is 2.19. The van der Waals surface area contributed by atoms with E-state index in [-0.39, 0.29) is 24.9 Å². The van der Waals surface area contributed by atoms with Gasteiger partial charge in [0.05, 0.1) is 12.3 Å². The van der Waals surface area contributed by atoms with Crippen molar-refractivity contribution in [3.05, 3.63) is 41.8 Å². The fourth-order valence-corrected chi connectivity index (χ4v) is 2.16. The Bertz CT molecular complexity index is 680. The number of aryl methyl sites for hydroxylation is 1. The summed E-state index contributed by atoms with van der Waals surface area (Å²) in [6.07, 6.45) is 0. The van der Waals surface area contributed by atoms with Crippen LogP contribution in [-0.4, -0.2) is 46.7 Å². The molecule has 1 atom stereocenters. The van der Waals surface area contributed by atoms with Gasteiger partial charge in [0.2, 0.25) is 0 Å². The molecule has 0 aliphatic heterocycles. The lowest BCUT2D eigenvalue weighted by atomic mass is 10.1. The van der Waals surface area contributed by atoms with Gasteiger partial charge in [0.1, 0.15) is 17.1 Å². The highest BCUT2D eigenvalue weighted by atomic mass is 19.1. The lowest BCUT2D eigenvalue weighted by molar-refractivity contribution is -0.0147. The molecule has 0 fully saturated rings. The van der Waals surface area contributed by atoms with E-state index in [4.69, 9.17) is 4.74 Å². The van der Waals surface area contributed by atoms with Gasteiger partial charge < -0.3 is 15.2 Å². The van der Waals surface area contributed by atoms with E-state index in [1.807, 2.05) is 0 Å². The number of hydrogen-bond donors (Lipinski definition) is 2. The van der Waals surface area contributed by atoms with E-state index >= 15 is 0 Å². The summed E-state index contributed by atoms with van der Waals surface area (Å²) in [7, 11) is 3.13. The molecule has 0 radical (unpaired) electrons. The maximum Gasteiger partial charge on any atom is 0.269 e. The molecule has 0 bridgehead atoms. The number of aliphatic hydroxyl groups is 1. The summed E-state index contributed by atoms with van der Waals surface area (Å²) >= 11 is 0. The third-order valence-corrected chi connectivity index (χ3v) is 3.34. The first-order valence-corrected chi connectivity index (χ1v) is 7.12. The molecule has 2 aromatic rings. The predicted octanol–water partition coefficient (Wildman–Crippen LogP) is 1.35. The molecule has 124 valence electrons. The lowest BCUT2D eigenvalue weighted by Crippen LogP contribution is -2.44. The van der Waals surface area contributed by atoms with Gasteiger partial charge >= 0.3 is 0 Å². The first-order valence-electron chi connectivity index (χ1n) is 7.12. The number of benzene rings is 1. The Kier molecular flexibility index (Phi) is 5.12. The first-order chi connectivity index (χ1) is 10.8. The van der Waals surface area contributed by atoms with Crippen LogP contribution < -0.4 is 5.32 Å². The second-order valence-electron chi connectivity index (χ2n) is 5.66. The van der Waals surface area contributed by atoms with Gasteiger partial charge in [-0.1, -0.05) is 0 Å². The minimum absolute atomic E-state index is 0.0523. The molecule has 6 nitrogen and oxygen atoms in total. The number of hydrogen-bond acceptors (Lipinski definition) is 4. The number of carbonyl (C=O) groups is 1. The van der Waals surface area contributed by atoms with E-state index in [0.717, 1.165) is 0 Å². The third-order valence-electron chi connectivity index (χ3n) is 3.34. The number of amides is 1. The number of carbonyl (C=O) groups excluding carboxylic acids is 1. The van der Waals surface area contributed by atoms with Crippen molar-refractivity contribution in [1.29, 1.82) is 0 Å². The molecule has 1 aromatic carbocycles. The molecular formula is C16H20FN3O3. The number of nitrogens with zero attached hydrogens (tertiary/aromatic N) is 2. The zero-order valence-electron chi connectivity index (χ0n) is 13.3. The van der Waals surface area contributed by atoms with Gasteiger partial charge in [-0.05, 0) is 37.3 Å². The summed E-state index contributed by atoms with van der Waals surface area (Å²) in [5, 5.41) is 16.9. The van der Waals surface area contributed by atoms with Crippen molar-refractivity contribution >= 4 is 5.91 Å². The first kappa shape index (κ1) is 17.1. The molecule has 0 aliphatic rings. The van der Waals surface area contributed by atoms with E-state index in [1.54, 1.807) is 32.2 Å². The SMILES string of the molecule is COC[C@](C)(O)CNC(=O)c1cc(-c2ccc(F)cc2)nn1C. The van der Waals surface area contributed by atoms with Crippen LogP contribution >= 0.6 is 0 Å². The van der Waals surface area contributed by atoms with Crippen molar-refractivity contribution < 1.29 is 19.0 Å². The number of methoxy groups -OCH3 is 1. The molecule has 0 unspecified atom stereocenters. The summed E-state index contributed by atoms with van der Waals surface area (Å²) < 4.78 is 19.3. The lowest BCUT2D eigenvalue weighted by Gasteiger charge is -2.22. The van der Waals surface area contributed by atoms with Crippen molar-refractivity contribution in [2.24, 2.45) is 7.05 Å². The molecule has 1 heterocycles. The number of rotatable bonds is 6. The highest BCUT2D eigenvalue weighted by Gasteiger charge is 2.22. The number of nitrogens with one attached hydrogen (secondary N) is 1. The van der Waals surface area contributed by atoms with Crippen molar-refractivity contribution in [2.45, 2.75) is 12.5 Å². The third kappa shape index (κ3) is 4.37. The molecule has 0 spiro atoms. The van der Waals surface area contributed by atoms with E-state index in [2.05, 4.69) is 10.4 Å². The van der Waals surface area contributed by atoms with Crippen LogP contribution in [0.5, 0.6) is 0 Å². The standard InChI is InChI=1S/C16H20FN3O3/c1-16(22,10-23-3)9-18-15(21)14-8-13(19-20(14)2)11-4-6-12(17)7-5-11/h4-8,22H,9-10H2,1-3H3,(H,18,21)/t16-/m1/s1. The van der Waals surface area contributed by atoms with Crippen LogP contribution in [0, 0.1) is 5.82 Å². The van der Waals surface area contributed by atoms with Crippen molar-refractivity contribution in [2.75, 3.05) is 20.3 Å². The maximum atomic E-state index is 13.0. The number of ether oxygens (including phenoxy) is 1. The summed E-state index contributed by atoms with van der Waals surface area (Å²) in [4.78, 5) is 12.2. The number of halogens is 1. The zero-order valence-corrected chi connectivity index (χ0v) is 13.3. The van der Waals surface area contributed by atoms with Crippen LogP contribution in [0.2, 0.25) is 0 Å². The maximum absolute atomic E-state index is 13.0. The number of aromatic nitrogens is 2. The fourth-order valence-electron chi connectivity index (χ4n) is 2.16. The largest absolute Gasteiger partial charge is 0.386 e. The molecule has 0 saturated carbocycles. The fraction of sp³-hybridized carbons (Fsp3) is 0.375. The van der Waals surface area contributed by atoms with Gasteiger partial charge in [-0.2, -0.15) is 5.10 Å². The van der Waals surface area contributed by atoms with Gasteiger partial charge in [-0.3, -0.25) is 9.48 Å². The van der Waals surface area contributed by atoms with Gasteiger partial charge in [0.15, 0.2) is 0 Å². The molecule has 0 aliphatic carbocycles. The van der Waals surface area contributed by atoms with Crippen LogP contribution in [0.3, 0.4) is 0 Å². The van der Waals surface area contributed by atoms with E-state index in [0.29, 0.717) is 17.0 Å². The van der Waals surface area contributed by atoms with E-state index < -0.39 is 5.60 Å². The zero-order chi connectivity index (χ0) is 17.0. The van der Waals surface area contributed by atoms with Gasteiger partial charge in [0.25, 0.3) is 5.91 Å². The van der Waals surface area contributed by atoms with Crippen molar-refractivity contribution in [1.82, 2.24) is 15.1 Å². The topological polar surface area (TPSA) is 76.4 Å². The molecule has 0 saturated heterocycles. The highest BCUT2D eigenvalue weighted by molar-refractivity contribution is 5.93. The van der Waals surface area contributed by atoms with E-state index in [1.165, 1.54) is 23.9 Å². The molecule has 2 N–H and O–H groups in total. The van der Waals surface area contributed by atoms with Gasteiger partial charge in [-0.25, -0.2) is 4.39 Å². The minimum Gasteiger partial charge on any atom is -0.386 e. The average molecular weight is 321 g/mol. The quantitative estimate of drug-likeness (QED) is 0.842. The van der Waals surface area contributed by atoms with Crippen LogP contribution in [0.15, 0.2) is 30.3 Å². The molecule has 1 aromatic heterocycles. The van der Waals surface area contributed by atoms with Crippen LogP contribution in [-0.2, 0) is 11.8 Å². The van der Waals surface area contributed by atoms with Crippen LogP contribution in [0.1, 0.15) is 17.4 Å². The molecule has 7 heteroatoms. The summed E-state index contributed by atoms with van der Waals surface area (Å²) in [5.74, 6) is -0.687. The Morgan fingerprint density at radius 3 is 2.70 bits per heavy atom. The average Bonchev–Trinajstić information content (AvgIpc) is 2.87. The van der Waals surface area contributed by atoms with Gasteiger partial charge in [-0.15, -0.1) is 0 Å². The Labute approximate surface area is 133 Å². The molecular weight excluding hydrogens is 301 g/mol. The van der Waals surface area contributed by atoms with Crippen molar-refractivity contribution in [3.8, 4) is 11.3 Å². The summed E-state index contributed by atoms with van der Waals surface area (Å²) in [6.45, 7) is 1.74. The molecule has 23 heavy (non-hydrogen) atoms. The Morgan fingerprint density at radius 1 is 1.43 bits per heavy atom. The second-order valence-corrected chi connectivity index (χ2v) is 5.66. The summed E-state index contributed by atoms with van der Waals surface area (Å²) in [5.41, 5.74) is 0.481. The smallest absolute Gasteiger partial charge is 0.269 e. The van der Waals surface area contributed by atoms with Crippen LogP contribution in [0.25, 0.3) is 11.3 Å². The molecule has 2 rings (SSSR count). The monoisotopic (exact) mass is 321 g/mol. The Morgan fingerprint density at radius 2 is 2.09 bits per heavy atom. The minimum atomic E-state index is -1.15. The van der Waals surface area contributed by atoms with E-state index in [9.17, 15) is 14.3 Å². The molecule has 1 amide bonds. The predicted molar refractivity (Wildman–Crippen MR) is 83.4 cm³/mol. The Balaban J connectivity index is 2.11. The van der Waals surface area contributed by atoms with Gasteiger partial charge in [0, 0.05) is 26.3 Å². The normalized spacial score (nSPS) is 13.6. The summed E-state index contributed by atoms with van der Waals surface area (Å²) in [6, 6.07) is 7.50. The Hall–Kier alpha value is -2.25. The van der Waals surface area contributed by atoms with Crippen LogP contribution in [0.4, 0.5) is 4.39 Å². The second kappa shape index (κ2) is 6.89.